The lowest BCUT2D eigenvalue weighted by Crippen LogP contribution is -1.88. The van der Waals surface area contributed by atoms with Gasteiger partial charge in [0, 0.05) is 5.56 Å². The molecule has 0 aliphatic rings. The second-order valence-corrected chi connectivity index (χ2v) is 3.66. The van der Waals surface area contributed by atoms with Gasteiger partial charge < -0.3 is 4.74 Å². The molecule has 1 heteroatoms. The topological polar surface area (TPSA) is 9.23 Å². The maximum atomic E-state index is 5.32. The van der Waals surface area contributed by atoms with Crippen molar-refractivity contribution in [3.05, 3.63) is 60.2 Å². The average molecular weight is 214 g/mol. The first kappa shape index (κ1) is 12.3. The fourth-order valence-electron chi connectivity index (χ4n) is 1.38. The van der Waals surface area contributed by atoms with Crippen LogP contribution in [0.3, 0.4) is 0 Å². The van der Waals surface area contributed by atoms with Crippen molar-refractivity contribution >= 4 is 5.57 Å². The molecule has 0 saturated carbocycles. The maximum absolute atomic E-state index is 5.32. The second-order valence-electron chi connectivity index (χ2n) is 3.66. The number of benzene rings is 1. The van der Waals surface area contributed by atoms with Crippen LogP contribution in [0.15, 0.2) is 54.6 Å². The smallest absolute Gasteiger partial charge is 0.126 e. The number of ether oxygens (including phenoxy) is 1. The van der Waals surface area contributed by atoms with Gasteiger partial charge in [-0.1, -0.05) is 48.6 Å². The Morgan fingerprint density at radius 1 is 1.19 bits per heavy atom. The number of rotatable bonds is 4. The molecule has 1 rings (SSSR count). The quantitative estimate of drug-likeness (QED) is 0.681. The van der Waals surface area contributed by atoms with Crippen LogP contribution in [-0.2, 0) is 0 Å². The van der Waals surface area contributed by atoms with Crippen molar-refractivity contribution in [1.82, 2.24) is 0 Å². The Labute approximate surface area is 97.8 Å². The lowest BCUT2D eigenvalue weighted by atomic mass is 10.1. The highest BCUT2D eigenvalue weighted by atomic mass is 16.5. The highest BCUT2D eigenvalue weighted by Gasteiger charge is 2.01. The van der Waals surface area contributed by atoms with Crippen LogP contribution in [0.5, 0.6) is 5.75 Å². The first-order valence-corrected chi connectivity index (χ1v) is 5.30. The van der Waals surface area contributed by atoms with Crippen molar-refractivity contribution in [2.24, 2.45) is 0 Å². The van der Waals surface area contributed by atoms with E-state index >= 15 is 0 Å². The van der Waals surface area contributed by atoms with Crippen molar-refractivity contribution in [3.63, 3.8) is 0 Å². The van der Waals surface area contributed by atoms with Crippen LogP contribution in [0.4, 0.5) is 0 Å². The third kappa shape index (κ3) is 3.13. The summed E-state index contributed by atoms with van der Waals surface area (Å²) in [6.07, 6.45) is 5.97. The molecule has 1 aromatic carbocycles. The van der Waals surface area contributed by atoms with Crippen molar-refractivity contribution in [2.75, 3.05) is 7.11 Å². The van der Waals surface area contributed by atoms with E-state index in [1.54, 1.807) is 7.11 Å². The molecule has 0 heterocycles. The summed E-state index contributed by atoms with van der Waals surface area (Å²) in [5, 5.41) is 0. The minimum Gasteiger partial charge on any atom is -0.496 e. The molecule has 0 N–H and O–H groups in total. The predicted octanol–water partition coefficient (Wildman–Crippen LogP) is 4.23. The molecule has 1 aromatic rings. The van der Waals surface area contributed by atoms with Crippen molar-refractivity contribution in [3.8, 4) is 5.75 Å². The summed E-state index contributed by atoms with van der Waals surface area (Å²) in [5.41, 5.74) is 3.45. The third-order valence-corrected chi connectivity index (χ3v) is 2.45. The van der Waals surface area contributed by atoms with Gasteiger partial charge in [0.15, 0.2) is 0 Å². The molecule has 0 spiro atoms. The van der Waals surface area contributed by atoms with Gasteiger partial charge in [-0.15, -0.1) is 0 Å². The van der Waals surface area contributed by atoms with E-state index in [-0.39, 0.29) is 0 Å². The van der Waals surface area contributed by atoms with Crippen LogP contribution in [0.1, 0.15) is 19.4 Å². The van der Waals surface area contributed by atoms with Gasteiger partial charge in [-0.2, -0.15) is 0 Å². The molecule has 0 amide bonds. The van der Waals surface area contributed by atoms with E-state index in [9.17, 15) is 0 Å². The van der Waals surface area contributed by atoms with E-state index in [1.165, 1.54) is 5.57 Å². The van der Waals surface area contributed by atoms with Crippen LogP contribution in [0.25, 0.3) is 5.57 Å². The molecule has 0 unspecified atom stereocenters. The Balaban J connectivity index is 3.04. The summed E-state index contributed by atoms with van der Waals surface area (Å²) in [6, 6.07) is 8.01. The highest BCUT2D eigenvalue weighted by Crippen LogP contribution is 2.25. The molecular formula is C15H18O. The minimum absolute atomic E-state index is 0.904. The standard InChI is InChI=1S/C15H18O/c1-5-12(2)10-11-13(3)14-8-6-7-9-15(14)16-4/h5-11H,1H2,2-4H3/b12-10-,13-11+. The normalized spacial score (nSPS) is 12.4. The van der Waals surface area contributed by atoms with Crippen LogP contribution < -0.4 is 4.74 Å². The van der Waals surface area contributed by atoms with E-state index in [0.717, 1.165) is 16.9 Å². The fourth-order valence-corrected chi connectivity index (χ4v) is 1.38. The zero-order chi connectivity index (χ0) is 12.0. The number of hydrogen-bond donors (Lipinski definition) is 0. The number of para-hydroxylation sites is 1. The lowest BCUT2D eigenvalue weighted by Gasteiger charge is -2.07. The number of methoxy groups -OCH3 is 1. The first-order valence-electron chi connectivity index (χ1n) is 5.30. The maximum Gasteiger partial charge on any atom is 0.126 e. The molecule has 84 valence electrons. The molecule has 0 bridgehead atoms. The molecule has 1 nitrogen and oxygen atoms in total. The average Bonchev–Trinajstić information content (AvgIpc) is 2.35. The summed E-state index contributed by atoms with van der Waals surface area (Å²) in [4.78, 5) is 0. The van der Waals surface area contributed by atoms with Gasteiger partial charge in [0.05, 0.1) is 7.11 Å². The molecule has 0 radical (unpaired) electrons. The van der Waals surface area contributed by atoms with E-state index < -0.39 is 0 Å². The number of hydrogen-bond acceptors (Lipinski definition) is 1. The lowest BCUT2D eigenvalue weighted by molar-refractivity contribution is 0.413. The second kappa shape index (κ2) is 5.96. The van der Waals surface area contributed by atoms with Gasteiger partial charge in [-0.3, -0.25) is 0 Å². The molecule has 0 saturated heterocycles. The monoisotopic (exact) mass is 214 g/mol. The number of allylic oxidation sites excluding steroid dienone is 5. The van der Waals surface area contributed by atoms with Gasteiger partial charge in [0.2, 0.25) is 0 Å². The van der Waals surface area contributed by atoms with E-state index in [4.69, 9.17) is 4.74 Å². The highest BCUT2D eigenvalue weighted by molar-refractivity contribution is 5.70. The molecule has 0 aromatic heterocycles. The van der Waals surface area contributed by atoms with Crippen LogP contribution in [0.2, 0.25) is 0 Å². The molecule has 16 heavy (non-hydrogen) atoms. The predicted molar refractivity (Wildman–Crippen MR) is 70.6 cm³/mol. The molecular weight excluding hydrogens is 196 g/mol. The van der Waals surface area contributed by atoms with Gasteiger partial charge in [-0.05, 0) is 25.5 Å². The van der Waals surface area contributed by atoms with E-state index in [1.807, 2.05) is 31.2 Å². The Morgan fingerprint density at radius 2 is 1.88 bits per heavy atom. The first-order chi connectivity index (χ1) is 7.69. The Kier molecular flexibility index (Phi) is 4.59. The summed E-state index contributed by atoms with van der Waals surface area (Å²) < 4.78 is 5.32. The third-order valence-electron chi connectivity index (χ3n) is 2.45. The van der Waals surface area contributed by atoms with Crippen molar-refractivity contribution in [1.29, 1.82) is 0 Å². The zero-order valence-electron chi connectivity index (χ0n) is 10.2. The van der Waals surface area contributed by atoms with Gasteiger partial charge in [0.1, 0.15) is 5.75 Å². The SMILES string of the molecule is C=C/C(C)=C\C=C(/C)c1ccccc1OC. The summed E-state index contributed by atoms with van der Waals surface area (Å²) in [7, 11) is 1.69. The molecule has 0 atom stereocenters. The Bertz CT molecular complexity index is 425. The molecule has 0 aliphatic carbocycles. The molecule has 0 aliphatic heterocycles. The Morgan fingerprint density at radius 3 is 2.50 bits per heavy atom. The van der Waals surface area contributed by atoms with Crippen LogP contribution in [0, 0.1) is 0 Å². The van der Waals surface area contributed by atoms with Gasteiger partial charge in [-0.25, -0.2) is 0 Å². The van der Waals surface area contributed by atoms with Crippen LogP contribution in [-0.4, -0.2) is 7.11 Å². The van der Waals surface area contributed by atoms with E-state index in [2.05, 4.69) is 31.7 Å². The summed E-state index contributed by atoms with van der Waals surface area (Å²) in [6.45, 7) is 7.82. The van der Waals surface area contributed by atoms with Crippen molar-refractivity contribution < 1.29 is 4.74 Å². The Hall–Kier alpha value is -1.76. The largest absolute Gasteiger partial charge is 0.496 e. The van der Waals surface area contributed by atoms with Crippen molar-refractivity contribution in [2.45, 2.75) is 13.8 Å². The minimum atomic E-state index is 0.904. The zero-order valence-corrected chi connectivity index (χ0v) is 10.2. The summed E-state index contributed by atoms with van der Waals surface area (Å²) >= 11 is 0. The molecule has 0 fully saturated rings. The fraction of sp³-hybridized carbons (Fsp3) is 0.200. The van der Waals surface area contributed by atoms with Gasteiger partial charge in [0.25, 0.3) is 0 Å². The van der Waals surface area contributed by atoms with Gasteiger partial charge >= 0.3 is 0 Å². The van der Waals surface area contributed by atoms with E-state index in [0.29, 0.717) is 0 Å². The summed E-state index contributed by atoms with van der Waals surface area (Å²) in [5.74, 6) is 0.904. The van der Waals surface area contributed by atoms with Crippen LogP contribution >= 0.6 is 0 Å².